The van der Waals surface area contributed by atoms with Crippen LogP contribution < -0.4 is 5.73 Å². The van der Waals surface area contributed by atoms with Gasteiger partial charge >= 0.3 is 5.97 Å². The molecular weight excluding hydrogens is 227 g/mol. The van der Waals surface area contributed by atoms with Crippen LogP contribution in [0.1, 0.15) is 17.3 Å². The number of hydrogen-bond donors (Lipinski definition) is 1. The molecule has 4 nitrogen and oxygen atoms in total. The molecule has 76 valence electrons. The molecule has 1 rings (SSSR count). The average molecular weight is 235 g/mol. The number of esters is 1. The lowest BCUT2D eigenvalue weighted by molar-refractivity contribution is 0.0527. The third-order valence-corrected chi connectivity index (χ3v) is 1.92. The van der Waals surface area contributed by atoms with Gasteiger partial charge in [-0.25, -0.2) is 9.78 Å². The van der Waals surface area contributed by atoms with Crippen LogP contribution in [0, 0.1) is 0 Å². The maximum Gasteiger partial charge on any atom is 0.343 e. The molecule has 1 aromatic heterocycles. The van der Waals surface area contributed by atoms with Crippen LogP contribution in [0.25, 0.3) is 0 Å². The minimum Gasteiger partial charge on any atom is -0.462 e. The normalized spacial score (nSPS) is 9.93. The van der Waals surface area contributed by atoms with Crippen LogP contribution >= 0.6 is 23.2 Å². The first-order chi connectivity index (χ1) is 6.56. The summed E-state index contributed by atoms with van der Waals surface area (Å²) >= 11 is 11.3. The van der Waals surface area contributed by atoms with E-state index in [0.717, 1.165) is 0 Å². The van der Waals surface area contributed by atoms with E-state index in [2.05, 4.69) is 4.98 Å². The predicted molar refractivity (Wildman–Crippen MR) is 54.6 cm³/mol. The molecule has 0 radical (unpaired) electrons. The van der Waals surface area contributed by atoms with Gasteiger partial charge in [-0.3, -0.25) is 0 Å². The van der Waals surface area contributed by atoms with Crippen molar-refractivity contribution in [3.63, 3.8) is 0 Å². The zero-order chi connectivity index (χ0) is 10.7. The number of nitrogens with zero attached hydrogens (tertiary/aromatic N) is 1. The van der Waals surface area contributed by atoms with Crippen LogP contribution in [0.4, 0.5) is 5.69 Å². The molecule has 2 N–H and O–H groups in total. The number of halogens is 2. The fourth-order valence-electron chi connectivity index (χ4n) is 0.907. The molecule has 0 spiro atoms. The Morgan fingerprint density at radius 3 is 2.79 bits per heavy atom. The summed E-state index contributed by atoms with van der Waals surface area (Å²) in [6.45, 7) is 1.93. The average Bonchev–Trinajstić information content (AvgIpc) is 2.01. The molecule has 0 aliphatic carbocycles. The summed E-state index contributed by atoms with van der Waals surface area (Å²) in [5.74, 6) is -0.598. The molecule has 0 saturated heterocycles. The van der Waals surface area contributed by atoms with Crippen molar-refractivity contribution in [1.82, 2.24) is 4.98 Å². The van der Waals surface area contributed by atoms with Gasteiger partial charge in [0.25, 0.3) is 0 Å². The summed E-state index contributed by atoms with van der Waals surface area (Å²) < 4.78 is 4.74. The molecule has 0 saturated carbocycles. The molecule has 0 amide bonds. The molecular formula is C8H8Cl2N2O2. The number of rotatable bonds is 2. The van der Waals surface area contributed by atoms with E-state index in [1.807, 2.05) is 0 Å². The minimum atomic E-state index is -0.598. The van der Waals surface area contributed by atoms with Crippen LogP contribution in [-0.4, -0.2) is 17.6 Å². The zero-order valence-corrected chi connectivity index (χ0v) is 8.89. The molecule has 0 aliphatic heterocycles. The Kier molecular flexibility index (Phi) is 3.55. The second-order valence-corrected chi connectivity index (χ2v) is 3.17. The second-order valence-electron chi connectivity index (χ2n) is 2.42. The number of pyridine rings is 1. The van der Waals surface area contributed by atoms with E-state index in [-0.39, 0.29) is 28.2 Å². The number of ether oxygens (including phenoxy) is 1. The van der Waals surface area contributed by atoms with E-state index in [1.54, 1.807) is 6.92 Å². The summed E-state index contributed by atoms with van der Waals surface area (Å²) in [7, 11) is 0. The van der Waals surface area contributed by atoms with Crippen molar-refractivity contribution in [2.45, 2.75) is 6.92 Å². The van der Waals surface area contributed by atoms with Crippen molar-refractivity contribution in [2.24, 2.45) is 0 Å². The highest BCUT2D eigenvalue weighted by molar-refractivity contribution is 6.35. The van der Waals surface area contributed by atoms with Gasteiger partial charge in [0.05, 0.1) is 12.3 Å². The summed E-state index contributed by atoms with van der Waals surface area (Å²) in [6, 6.07) is 1.35. The van der Waals surface area contributed by atoms with E-state index in [0.29, 0.717) is 0 Å². The molecule has 6 heteroatoms. The van der Waals surface area contributed by atoms with Gasteiger partial charge < -0.3 is 10.5 Å². The quantitative estimate of drug-likeness (QED) is 0.630. The van der Waals surface area contributed by atoms with Gasteiger partial charge in [-0.2, -0.15) is 0 Å². The topological polar surface area (TPSA) is 65.2 Å². The Labute approximate surface area is 91.0 Å². The molecule has 0 bridgehead atoms. The van der Waals surface area contributed by atoms with E-state index in [4.69, 9.17) is 33.7 Å². The van der Waals surface area contributed by atoms with E-state index in [9.17, 15) is 4.79 Å². The maximum atomic E-state index is 11.3. The van der Waals surface area contributed by atoms with E-state index in [1.165, 1.54) is 6.07 Å². The number of nitrogens with two attached hydrogens (primary N) is 1. The number of anilines is 1. The van der Waals surface area contributed by atoms with Crippen LogP contribution in [0.15, 0.2) is 6.07 Å². The van der Waals surface area contributed by atoms with Crippen LogP contribution in [0.2, 0.25) is 10.3 Å². The molecule has 0 atom stereocenters. The molecule has 1 aromatic rings. The first-order valence-electron chi connectivity index (χ1n) is 3.85. The standard InChI is InChI=1S/C8H8Cl2N2O2/c1-2-14-8(13)6-4(11)3-5(9)12-7(6)10/h3H,2H2,1H3,(H2,11,12). The van der Waals surface area contributed by atoms with E-state index >= 15 is 0 Å². The number of carbonyl (C=O) groups is 1. The fraction of sp³-hybridized carbons (Fsp3) is 0.250. The first kappa shape index (κ1) is 11.1. The van der Waals surface area contributed by atoms with Crippen molar-refractivity contribution < 1.29 is 9.53 Å². The summed E-state index contributed by atoms with van der Waals surface area (Å²) in [4.78, 5) is 15.0. The monoisotopic (exact) mass is 234 g/mol. The van der Waals surface area contributed by atoms with Gasteiger partial charge in [-0.05, 0) is 13.0 Å². The Balaban J connectivity index is 3.14. The van der Waals surface area contributed by atoms with E-state index < -0.39 is 5.97 Å². The summed E-state index contributed by atoms with van der Waals surface area (Å²) in [6.07, 6.45) is 0. The van der Waals surface area contributed by atoms with Gasteiger partial charge in [0.15, 0.2) is 0 Å². The molecule has 14 heavy (non-hydrogen) atoms. The van der Waals surface area contributed by atoms with Gasteiger partial charge in [-0.15, -0.1) is 0 Å². The van der Waals surface area contributed by atoms with Gasteiger partial charge in [0.1, 0.15) is 15.9 Å². The Bertz CT molecular complexity index is 345. The molecule has 0 aliphatic rings. The Hall–Kier alpha value is -1.00. The van der Waals surface area contributed by atoms with Gasteiger partial charge in [0.2, 0.25) is 0 Å². The van der Waals surface area contributed by atoms with Crippen LogP contribution in [0.3, 0.4) is 0 Å². The maximum absolute atomic E-state index is 11.3. The van der Waals surface area contributed by atoms with Gasteiger partial charge in [0, 0.05) is 0 Å². The number of carbonyl (C=O) groups excluding carboxylic acids is 1. The number of hydrogen-bond acceptors (Lipinski definition) is 4. The predicted octanol–water partition coefficient (Wildman–Crippen LogP) is 2.15. The van der Waals surface area contributed by atoms with Crippen molar-refractivity contribution in [2.75, 3.05) is 12.3 Å². The third kappa shape index (κ3) is 2.27. The number of nitrogen functional groups attached to an aromatic ring is 1. The molecule has 0 aromatic carbocycles. The smallest absolute Gasteiger partial charge is 0.343 e. The largest absolute Gasteiger partial charge is 0.462 e. The van der Waals surface area contributed by atoms with Gasteiger partial charge in [-0.1, -0.05) is 23.2 Å². The first-order valence-corrected chi connectivity index (χ1v) is 4.60. The van der Waals surface area contributed by atoms with Crippen molar-refractivity contribution in [3.8, 4) is 0 Å². The second kappa shape index (κ2) is 4.48. The van der Waals surface area contributed by atoms with Crippen molar-refractivity contribution in [1.29, 1.82) is 0 Å². The highest BCUT2D eigenvalue weighted by atomic mass is 35.5. The van der Waals surface area contributed by atoms with Crippen LogP contribution in [0.5, 0.6) is 0 Å². The fourth-order valence-corrected chi connectivity index (χ4v) is 1.43. The summed E-state index contributed by atoms with van der Waals surface area (Å²) in [5.41, 5.74) is 5.76. The zero-order valence-electron chi connectivity index (χ0n) is 7.38. The lowest BCUT2D eigenvalue weighted by Gasteiger charge is -2.06. The third-order valence-electron chi connectivity index (χ3n) is 1.45. The van der Waals surface area contributed by atoms with Crippen LogP contribution in [-0.2, 0) is 4.74 Å². The Morgan fingerprint density at radius 2 is 2.29 bits per heavy atom. The Morgan fingerprint density at radius 1 is 1.64 bits per heavy atom. The highest BCUT2D eigenvalue weighted by Gasteiger charge is 2.17. The molecule has 1 heterocycles. The molecule has 0 unspecified atom stereocenters. The lowest BCUT2D eigenvalue weighted by atomic mass is 10.2. The van der Waals surface area contributed by atoms with Crippen molar-refractivity contribution in [3.05, 3.63) is 21.9 Å². The highest BCUT2D eigenvalue weighted by Crippen LogP contribution is 2.24. The van der Waals surface area contributed by atoms with Crippen molar-refractivity contribution >= 4 is 34.9 Å². The summed E-state index contributed by atoms with van der Waals surface area (Å²) in [5, 5.41) is 0.0917. The SMILES string of the molecule is CCOC(=O)c1c(N)cc(Cl)nc1Cl. The number of aromatic nitrogens is 1. The molecule has 0 fully saturated rings. The lowest BCUT2D eigenvalue weighted by Crippen LogP contribution is -2.09. The minimum absolute atomic E-state index is 0.0477.